The Morgan fingerprint density at radius 1 is 1.10 bits per heavy atom. The van der Waals surface area contributed by atoms with E-state index in [0.29, 0.717) is 16.7 Å². The highest BCUT2D eigenvalue weighted by Gasteiger charge is 2.16. The van der Waals surface area contributed by atoms with Gasteiger partial charge in [-0.3, -0.25) is 4.79 Å². The molecular formula is C22H22N4O3S. The molecule has 4 aromatic rings. The predicted molar refractivity (Wildman–Crippen MR) is 118 cm³/mol. The maximum atomic E-state index is 12.5. The number of aromatic nitrogens is 3. The first-order valence-corrected chi connectivity index (χ1v) is 10.3. The van der Waals surface area contributed by atoms with Crippen LogP contribution >= 0.6 is 11.3 Å². The molecule has 0 saturated carbocycles. The molecule has 0 fully saturated rings. The Morgan fingerprint density at radius 3 is 2.57 bits per heavy atom. The maximum Gasteiger partial charge on any atom is 0.263 e. The van der Waals surface area contributed by atoms with E-state index >= 15 is 0 Å². The van der Waals surface area contributed by atoms with Gasteiger partial charge in [0.05, 0.1) is 23.0 Å². The highest BCUT2D eigenvalue weighted by atomic mass is 32.1. The van der Waals surface area contributed by atoms with Crippen molar-refractivity contribution in [2.75, 3.05) is 19.0 Å². The molecule has 0 unspecified atom stereocenters. The molecule has 154 valence electrons. The van der Waals surface area contributed by atoms with E-state index < -0.39 is 0 Å². The van der Waals surface area contributed by atoms with Crippen LogP contribution in [0.4, 0.5) is 5.82 Å². The van der Waals surface area contributed by atoms with Crippen LogP contribution in [0.25, 0.3) is 15.3 Å². The topological polar surface area (TPSA) is 78.3 Å². The number of rotatable bonds is 6. The van der Waals surface area contributed by atoms with Crippen LogP contribution in [0.5, 0.6) is 11.5 Å². The Labute approximate surface area is 178 Å². The lowest BCUT2D eigenvalue weighted by Crippen LogP contribution is -2.21. The summed E-state index contributed by atoms with van der Waals surface area (Å²) in [5.74, 6) is 1.60. The Hall–Kier alpha value is -3.39. The molecule has 30 heavy (non-hydrogen) atoms. The number of thiazole rings is 1. The summed E-state index contributed by atoms with van der Waals surface area (Å²) in [6, 6.07) is 13.1. The molecule has 0 bridgehead atoms. The first-order valence-electron chi connectivity index (χ1n) is 9.44. The number of anilines is 1. The fourth-order valence-corrected chi connectivity index (χ4v) is 4.29. The van der Waals surface area contributed by atoms with Crippen molar-refractivity contribution in [1.82, 2.24) is 14.8 Å². The highest BCUT2D eigenvalue weighted by Crippen LogP contribution is 2.30. The fraction of sp³-hybridized carbons (Fsp3) is 0.227. The minimum Gasteiger partial charge on any atom is -0.497 e. The molecule has 2 aromatic carbocycles. The van der Waals surface area contributed by atoms with Crippen molar-refractivity contribution in [1.29, 1.82) is 0 Å². The number of benzene rings is 2. The second-order valence-corrected chi connectivity index (χ2v) is 8.03. The molecule has 4 rings (SSSR count). The van der Waals surface area contributed by atoms with Crippen LogP contribution in [0.1, 0.15) is 16.8 Å². The Balaban J connectivity index is 1.51. The SMILES string of the molecule is COc1ccc(OCC(=O)Nc2cc(C)nn2-c2nc3c(C)cc(C)cc3s2)cc1. The van der Waals surface area contributed by atoms with Gasteiger partial charge in [-0.05, 0) is 62.2 Å². The number of hydrogen-bond donors (Lipinski definition) is 1. The molecule has 0 atom stereocenters. The summed E-state index contributed by atoms with van der Waals surface area (Å²) in [5, 5.41) is 8.09. The number of aryl methyl sites for hydroxylation is 3. The fourth-order valence-electron chi connectivity index (χ4n) is 3.18. The standard InChI is InChI=1S/C22H22N4O3S/c1-13-9-14(2)21-18(10-13)30-22(24-21)26-19(11-15(3)25-26)23-20(27)12-29-17-7-5-16(28-4)6-8-17/h5-11H,12H2,1-4H3,(H,23,27). The monoisotopic (exact) mass is 422 g/mol. The summed E-state index contributed by atoms with van der Waals surface area (Å²) < 4.78 is 13.4. The Bertz CT molecular complexity index is 1210. The zero-order chi connectivity index (χ0) is 21.3. The number of fused-ring (bicyclic) bond motifs is 1. The van der Waals surface area contributed by atoms with Gasteiger partial charge in [-0.15, -0.1) is 0 Å². The molecule has 0 aliphatic rings. The number of ether oxygens (including phenoxy) is 2. The zero-order valence-corrected chi connectivity index (χ0v) is 18.0. The third-order valence-electron chi connectivity index (χ3n) is 4.53. The Morgan fingerprint density at radius 2 is 1.83 bits per heavy atom. The summed E-state index contributed by atoms with van der Waals surface area (Å²) >= 11 is 1.54. The van der Waals surface area contributed by atoms with E-state index in [1.54, 1.807) is 47.4 Å². The number of methoxy groups -OCH3 is 1. The van der Waals surface area contributed by atoms with Gasteiger partial charge in [-0.25, -0.2) is 4.98 Å². The van der Waals surface area contributed by atoms with Crippen molar-refractivity contribution in [3.63, 3.8) is 0 Å². The molecule has 1 amide bonds. The average molecular weight is 423 g/mol. The number of nitrogens with zero attached hydrogens (tertiary/aromatic N) is 3. The summed E-state index contributed by atoms with van der Waals surface area (Å²) in [4.78, 5) is 17.2. The molecular weight excluding hydrogens is 400 g/mol. The molecule has 0 radical (unpaired) electrons. The van der Waals surface area contributed by atoms with Gasteiger partial charge in [-0.1, -0.05) is 17.4 Å². The lowest BCUT2D eigenvalue weighted by atomic mass is 10.1. The third kappa shape index (κ3) is 4.13. The largest absolute Gasteiger partial charge is 0.497 e. The number of amides is 1. The van der Waals surface area contributed by atoms with Crippen LogP contribution < -0.4 is 14.8 Å². The highest BCUT2D eigenvalue weighted by molar-refractivity contribution is 7.20. The van der Waals surface area contributed by atoms with Gasteiger partial charge in [0.1, 0.15) is 17.3 Å². The number of nitrogens with one attached hydrogen (secondary N) is 1. The van der Waals surface area contributed by atoms with Gasteiger partial charge in [0.25, 0.3) is 5.91 Å². The number of hydrogen-bond acceptors (Lipinski definition) is 6. The summed E-state index contributed by atoms with van der Waals surface area (Å²) in [6.07, 6.45) is 0. The zero-order valence-electron chi connectivity index (χ0n) is 17.2. The molecule has 2 heterocycles. The second kappa shape index (κ2) is 8.16. The molecule has 2 aromatic heterocycles. The lowest BCUT2D eigenvalue weighted by Gasteiger charge is -2.08. The minimum absolute atomic E-state index is 0.116. The molecule has 7 nitrogen and oxygen atoms in total. The van der Waals surface area contributed by atoms with Crippen LogP contribution in [0.3, 0.4) is 0 Å². The number of carbonyl (C=O) groups is 1. The van der Waals surface area contributed by atoms with Crippen LogP contribution in [0.2, 0.25) is 0 Å². The lowest BCUT2D eigenvalue weighted by molar-refractivity contribution is -0.118. The van der Waals surface area contributed by atoms with Gasteiger partial charge in [-0.2, -0.15) is 9.78 Å². The summed E-state index contributed by atoms with van der Waals surface area (Å²) in [6.45, 7) is 5.88. The summed E-state index contributed by atoms with van der Waals surface area (Å²) in [5.41, 5.74) is 4.05. The van der Waals surface area contributed by atoms with Crippen molar-refractivity contribution in [3.8, 4) is 16.6 Å². The first kappa shape index (κ1) is 19.9. The average Bonchev–Trinajstić information content (AvgIpc) is 3.30. The van der Waals surface area contributed by atoms with Gasteiger partial charge in [0.2, 0.25) is 5.13 Å². The van der Waals surface area contributed by atoms with E-state index in [1.807, 2.05) is 19.9 Å². The van der Waals surface area contributed by atoms with E-state index in [0.717, 1.165) is 27.2 Å². The molecule has 0 saturated heterocycles. The van der Waals surface area contributed by atoms with E-state index in [9.17, 15) is 4.79 Å². The second-order valence-electron chi connectivity index (χ2n) is 7.02. The van der Waals surface area contributed by atoms with Crippen molar-refractivity contribution >= 4 is 33.3 Å². The molecule has 1 N–H and O–H groups in total. The predicted octanol–water partition coefficient (Wildman–Crippen LogP) is 4.43. The van der Waals surface area contributed by atoms with Crippen LogP contribution in [-0.4, -0.2) is 34.4 Å². The van der Waals surface area contributed by atoms with Gasteiger partial charge in [0, 0.05) is 6.07 Å². The molecule has 8 heteroatoms. The van der Waals surface area contributed by atoms with Crippen LogP contribution in [0.15, 0.2) is 42.5 Å². The van der Waals surface area contributed by atoms with Crippen molar-refractivity contribution in [3.05, 3.63) is 59.3 Å². The molecule has 0 aliphatic heterocycles. The van der Waals surface area contributed by atoms with Gasteiger partial charge < -0.3 is 14.8 Å². The Kier molecular flexibility index (Phi) is 5.41. The van der Waals surface area contributed by atoms with Crippen molar-refractivity contribution in [2.45, 2.75) is 20.8 Å². The van der Waals surface area contributed by atoms with Crippen molar-refractivity contribution in [2.24, 2.45) is 0 Å². The first-order chi connectivity index (χ1) is 14.4. The maximum absolute atomic E-state index is 12.5. The van der Waals surface area contributed by atoms with Crippen LogP contribution in [-0.2, 0) is 4.79 Å². The normalized spacial score (nSPS) is 10.9. The van der Waals surface area contributed by atoms with E-state index in [1.165, 1.54) is 5.56 Å². The summed E-state index contributed by atoms with van der Waals surface area (Å²) in [7, 11) is 1.60. The van der Waals surface area contributed by atoms with Crippen molar-refractivity contribution < 1.29 is 14.3 Å². The van der Waals surface area contributed by atoms with Gasteiger partial charge in [0.15, 0.2) is 6.61 Å². The number of carbonyl (C=O) groups excluding carboxylic acids is 1. The van der Waals surface area contributed by atoms with Crippen LogP contribution in [0, 0.1) is 20.8 Å². The van der Waals surface area contributed by atoms with E-state index in [4.69, 9.17) is 14.5 Å². The quantitative estimate of drug-likeness (QED) is 0.497. The molecule has 0 spiro atoms. The minimum atomic E-state index is -0.278. The third-order valence-corrected chi connectivity index (χ3v) is 5.51. The molecule has 0 aliphatic carbocycles. The van der Waals surface area contributed by atoms with Gasteiger partial charge >= 0.3 is 0 Å². The smallest absolute Gasteiger partial charge is 0.263 e. The van der Waals surface area contributed by atoms with E-state index in [2.05, 4.69) is 29.5 Å². The van der Waals surface area contributed by atoms with E-state index in [-0.39, 0.29) is 12.5 Å².